The Morgan fingerprint density at radius 1 is 1.25 bits per heavy atom. The van der Waals surface area contributed by atoms with Gasteiger partial charge >= 0.3 is 5.97 Å². The normalized spacial score (nSPS) is 12.1. The van der Waals surface area contributed by atoms with E-state index in [1.807, 2.05) is 0 Å². The molecule has 2 N–H and O–H groups in total. The van der Waals surface area contributed by atoms with Gasteiger partial charge in [-0.15, -0.1) is 0 Å². The molecule has 0 aromatic carbocycles. The molecule has 0 saturated heterocycles. The van der Waals surface area contributed by atoms with E-state index >= 15 is 0 Å². The third-order valence-electron chi connectivity index (χ3n) is 2.01. The number of nitrogens with one attached hydrogen (secondary N) is 1. The summed E-state index contributed by atoms with van der Waals surface area (Å²) in [7, 11) is 3.04. The third kappa shape index (κ3) is 7.19. The largest absolute Gasteiger partial charge is 0.480 e. The van der Waals surface area contributed by atoms with E-state index < -0.39 is 12.0 Å². The zero-order valence-corrected chi connectivity index (χ0v) is 9.69. The number of carboxylic acid groups (broad SMARTS) is 1. The molecule has 1 atom stereocenters. The lowest BCUT2D eigenvalue weighted by atomic mass is 10.1. The summed E-state index contributed by atoms with van der Waals surface area (Å²) in [5, 5.41) is 11.3. The Balaban J connectivity index is 3.92. The summed E-state index contributed by atoms with van der Waals surface area (Å²) in [6.07, 6.45) is 1.13. The molecule has 1 amide bonds. The van der Waals surface area contributed by atoms with Crippen molar-refractivity contribution in [2.75, 3.05) is 27.4 Å². The summed E-state index contributed by atoms with van der Waals surface area (Å²) < 4.78 is 9.54. The maximum atomic E-state index is 11.3. The predicted octanol–water partition coefficient (Wildman–Crippen LogP) is 0.0189. The van der Waals surface area contributed by atoms with Crippen molar-refractivity contribution < 1.29 is 24.2 Å². The van der Waals surface area contributed by atoms with Gasteiger partial charge < -0.3 is 19.9 Å². The Labute approximate surface area is 94.9 Å². The highest BCUT2D eigenvalue weighted by molar-refractivity contribution is 5.83. The molecule has 0 aromatic heterocycles. The Morgan fingerprint density at radius 3 is 2.38 bits per heavy atom. The molecule has 1 unspecified atom stereocenters. The average Bonchev–Trinajstić information content (AvgIpc) is 2.25. The fourth-order valence-electron chi connectivity index (χ4n) is 1.15. The Morgan fingerprint density at radius 2 is 1.88 bits per heavy atom. The van der Waals surface area contributed by atoms with E-state index in [2.05, 4.69) is 5.32 Å². The monoisotopic (exact) mass is 233 g/mol. The molecule has 0 aliphatic carbocycles. The number of carboxylic acids is 1. The van der Waals surface area contributed by atoms with Gasteiger partial charge in [0.1, 0.15) is 6.04 Å². The Hall–Kier alpha value is -1.14. The van der Waals surface area contributed by atoms with Crippen molar-refractivity contribution in [2.45, 2.75) is 25.3 Å². The standard InChI is InChI=1S/C10H19NO5/c1-15-6-3-4-8(10(13)14)11-9(12)5-7-16-2/h8H,3-7H2,1-2H3,(H,11,12)(H,13,14). The fourth-order valence-corrected chi connectivity index (χ4v) is 1.15. The first-order valence-corrected chi connectivity index (χ1v) is 5.11. The van der Waals surface area contributed by atoms with Gasteiger partial charge in [0.2, 0.25) is 5.91 Å². The molecular formula is C10H19NO5. The van der Waals surface area contributed by atoms with Gasteiger partial charge in [0, 0.05) is 27.2 Å². The van der Waals surface area contributed by atoms with Crippen LogP contribution in [0.4, 0.5) is 0 Å². The number of ether oxygens (including phenoxy) is 2. The number of rotatable bonds is 9. The van der Waals surface area contributed by atoms with E-state index in [-0.39, 0.29) is 18.9 Å². The van der Waals surface area contributed by atoms with Crippen molar-refractivity contribution in [1.82, 2.24) is 5.32 Å². The van der Waals surface area contributed by atoms with Crippen molar-refractivity contribution >= 4 is 11.9 Å². The van der Waals surface area contributed by atoms with Gasteiger partial charge in [0.15, 0.2) is 0 Å². The molecule has 0 rings (SSSR count). The smallest absolute Gasteiger partial charge is 0.326 e. The second-order valence-corrected chi connectivity index (χ2v) is 3.34. The van der Waals surface area contributed by atoms with Crippen LogP contribution in [0.1, 0.15) is 19.3 Å². The minimum absolute atomic E-state index is 0.171. The van der Waals surface area contributed by atoms with Crippen LogP contribution in [0.15, 0.2) is 0 Å². The number of hydrogen-bond acceptors (Lipinski definition) is 4. The predicted molar refractivity (Wildman–Crippen MR) is 57.2 cm³/mol. The quantitative estimate of drug-likeness (QED) is 0.548. The number of amides is 1. The third-order valence-corrected chi connectivity index (χ3v) is 2.01. The SMILES string of the molecule is COCCCC(NC(=O)CCOC)C(=O)O. The molecule has 0 saturated carbocycles. The van der Waals surface area contributed by atoms with Crippen molar-refractivity contribution in [1.29, 1.82) is 0 Å². The molecule has 94 valence electrons. The van der Waals surface area contributed by atoms with E-state index in [9.17, 15) is 9.59 Å². The topological polar surface area (TPSA) is 84.9 Å². The first kappa shape index (κ1) is 14.9. The number of methoxy groups -OCH3 is 2. The van der Waals surface area contributed by atoms with E-state index in [4.69, 9.17) is 14.6 Å². The second kappa shape index (κ2) is 9.11. The lowest BCUT2D eigenvalue weighted by molar-refractivity contribution is -0.142. The molecule has 0 spiro atoms. The highest BCUT2D eigenvalue weighted by atomic mass is 16.5. The maximum Gasteiger partial charge on any atom is 0.326 e. The molecule has 0 aliphatic heterocycles. The van der Waals surface area contributed by atoms with Crippen LogP contribution in [0.2, 0.25) is 0 Å². The summed E-state index contributed by atoms with van der Waals surface area (Å²) in [6.45, 7) is 0.772. The van der Waals surface area contributed by atoms with Gasteiger partial charge in [-0.05, 0) is 12.8 Å². The molecule has 0 heterocycles. The molecule has 0 aromatic rings. The van der Waals surface area contributed by atoms with Crippen LogP contribution in [0, 0.1) is 0 Å². The van der Waals surface area contributed by atoms with Gasteiger partial charge in [0.25, 0.3) is 0 Å². The molecular weight excluding hydrogens is 214 g/mol. The van der Waals surface area contributed by atoms with Crippen LogP contribution >= 0.6 is 0 Å². The van der Waals surface area contributed by atoms with E-state index in [0.717, 1.165) is 0 Å². The van der Waals surface area contributed by atoms with Crippen molar-refractivity contribution in [2.24, 2.45) is 0 Å². The first-order valence-electron chi connectivity index (χ1n) is 5.11. The minimum atomic E-state index is -1.03. The van der Waals surface area contributed by atoms with E-state index in [1.165, 1.54) is 7.11 Å². The van der Waals surface area contributed by atoms with Gasteiger partial charge in [-0.2, -0.15) is 0 Å². The molecule has 16 heavy (non-hydrogen) atoms. The van der Waals surface area contributed by atoms with Crippen molar-refractivity contribution in [3.05, 3.63) is 0 Å². The van der Waals surface area contributed by atoms with Gasteiger partial charge in [0.05, 0.1) is 6.61 Å². The highest BCUT2D eigenvalue weighted by Crippen LogP contribution is 1.99. The average molecular weight is 233 g/mol. The van der Waals surface area contributed by atoms with Gasteiger partial charge in [-0.25, -0.2) is 4.79 Å². The number of carbonyl (C=O) groups excluding carboxylic acids is 1. The molecule has 6 nitrogen and oxygen atoms in total. The van der Waals surface area contributed by atoms with Crippen LogP contribution < -0.4 is 5.32 Å². The van der Waals surface area contributed by atoms with Gasteiger partial charge in [-0.3, -0.25) is 4.79 Å². The summed E-state index contributed by atoms with van der Waals surface area (Å²) >= 11 is 0. The lowest BCUT2D eigenvalue weighted by Crippen LogP contribution is -2.41. The number of hydrogen-bond donors (Lipinski definition) is 2. The summed E-state index contributed by atoms with van der Waals surface area (Å²) in [5.41, 5.74) is 0. The van der Waals surface area contributed by atoms with Crippen LogP contribution in [0.5, 0.6) is 0 Å². The minimum Gasteiger partial charge on any atom is -0.480 e. The molecule has 0 fully saturated rings. The molecule has 0 aliphatic rings. The maximum absolute atomic E-state index is 11.3. The van der Waals surface area contributed by atoms with Crippen molar-refractivity contribution in [3.8, 4) is 0 Å². The zero-order chi connectivity index (χ0) is 12.4. The fraction of sp³-hybridized carbons (Fsp3) is 0.800. The van der Waals surface area contributed by atoms with Crippen LogP contribution in [-0.4, -0.2) is 50.5 Å². The Bertz CT molecular complexity index is 219. The highest BCUT2D eigenvalue weighted by Gasteiger charge is 2.18. The van der Waals surface area contributed by atoms with Crippen LogP contribution in [0.25, 0.3) is 0 Å². The lowest BCUT2D eigenvalue weighted by Gasteiger charge is -2.13. The first-order chi connectivity index (χ1) is 7.61. The molecule has 6 heteroatoms. The van der Waals surface area contributed by atoms with E-state index in [1.54, 1.807) is 7.11 Å². The molecule has 0 bridgehead atoms. The van der Waals surface area contributed by atoms with E-state index in [0.29, 0.717) is 19.4 Å². The number of carbonyl (C=O) groups is 2. The van der Waals surface area contributed by atoms with Crippen LogP contribution in [-0.2, 0) is 19.1 Å². The number of aliphatic carboxylic acids is 1. The van der Waals surface area contributed by atoms with Crippen LogP contribution in [0.3, 0.4) is 0 Å². The van der Waals surface area contributed by atoms with Crippen molar-refractivity contribution in [3.63, 3.8) is 0 Å². The summed E-state index contributed by atoms with van der Waals surface area (Å²) in [4.78, 5) is 22.1. The summed E-state index contributed by atoms with van der Waals surface area (Å²) in [6, 6.07) is -0.848. The van der Waals surface area contributed by atoms with Gasteiger partial charge in [-0.1, -0.05) is 0 Å². The molecule has 0 radical (unpaired) electrons. The Kier molecular flexibility index (Phi) is 8.46. The summed E-state index contributed by atoms with van der Waals surface area (Å²) in [5.74, 6) is -1.34. The zero-order valence-electron chi connectivity index (χ0n) is 9.69. The second-order valence-electron chi connectivity index (χ2n) is 3.34.